The van der Waals surface area contributed by atoms with E-state index in [1.807, 2.05) is 48.5 Å². The summed E-state index contributed by atoms with van der Waals surface area (Å²) in [5, 5.41) is 1.73. The second-order valence-corrected chi connectivity index (χ2v) is 19.6. The largest absolute Gasteiger partial charge is 0.341 e. The number of rotatable bonds is 14. The van der Waals surface area contributed by atoms with Crippen LogP contribution in [0.4, 0.5) is 11.9 Å². The van der Waals surface area contributed by atoms with Gasteiger partial charge >= 0.3 is 11.4 Å². The lowest BCUT2D eigenvalue weighted by atomic mass is 9.90. The van der Waals surface area contributed by atoms with Crippen LogP contribution >= 0.6 is 0 Å². The lowest BCUT2D eigenvalue weighted by Crippen LogP contribution is -2.44. The molecule has 0 unspecified atom stereocenters. The molecule has 382 valence electrons. The minimum Gasteiger partial charge on any atom is -0.341 e. The molecule has 0 bridgehead atoms. The third-order valence-electron chi connectivity index (χ3n) is 14.5. The van der Waals surface area contributed by atoms with E-state index in [4.69, 9.17) is 41.4 Å². The summed E-state index contributed by atoms with van der Waals surface area (Å²) in [6.07, 6.45) is 6.30. The Morgan fingerprint density at radius 1 is 0.608 bits per heavy atom. The lowest BCUT2D eigenvalue weighted by Gasteiger charge is -2.31. The standard InChI is InChI=1S/C54H62N16O4/c1-6-9-26-67-45-47(61-51(67)65-24-15-18-35(55)30-65)63(4)53(73)69(49(45)71)32-43-57-39-22-13-11-20-37(39)41(59-43)28-34(17-8-3)29-42-38-21-12-14-23-40(38)58-44(60-42)33-70-50(72)46-48(64(5)54(70)74)62-52(68(46)27-10-7-2)66-25-16-19-36(56)31-66/h11-14,20-23,34-36H,8,15-19,24-33,55-56H2,1-5H3/t35-,36-/m1/s1. The molecule has 2 atom stereocenters. The van der Waals surface area contributed by atoms with E-state index in [2.05, 4.69) is 40.4 Å². The zero-order valence-electron chi connectivity index (χ0n) is 42.7. The molecule has 2 aromatic carbocycles. The molecule has 0 radical (unpaired) electrons. The third kappa shape index (κ3) is 9.35. The monoisotopic (exact) mass is 999 g/mol. The van der Waals surface area contributed by atoms with Gasteiger partial charge in [-0.05, 0) is 76.8 Å². The smallest absolute Gasteiger partial charge is 0.332 e. The summed E-state index contributed by atoms with van der Waals surface area (Å²) in [6, 6.07) is 15.5. The van der Waals surface area contributed by atoms with Gasteiger partial charge in [0.2, 0.25) is 11.9 Å². The van der Waals surface area contributed by atoms with Crippen molar-refractivity contribution in [3.05, 3.63) is 113 Å². The molecule has 0 spiro atoms. The molecule has 20 nitrogen and oxygen atoms in total. The highest BCUT2D eigenvalue weighted by molar-refractivity contribution is 5.82. The summed E-state index contributed by atoms with van der Waals surface area (Å²) >= 11 is 0. The fraction of sp³-hybridized carbons (Fsp3) is 0.444. The van der Waals surface area contributed by atoms with E-state index in [9.17, 15) is 19.2 Å². The average Bonchev–Trinajstić information content (AvgIpc) is 3.99. The quantitative estimate of drug-likeness (QED) is 0.149. The van der Waals surface area contributed by atoms with Crippen molar-refractivity contribution in [3.63, 3.8) is 0 Å². The number of nitrogens with two attached hydrogens (primary N) is 2. The lowest BCUT2D eigenvalue weighted by molar-refractivity contribution is 0.465. The van der Waals surface area contributed by atoms with Gasteiger partial charge in [-0.2, -0.15) is 9.97 Å². The Morgan fingerprint density at radius 3 is 1.45 bits per heavy atom. The van der Waals surface area contributed by atoms with E-state index in [1.165, 1.54) is 18.3 Å². The molecule has 6 aromatic heterocycles. The van der Waals surface area contributed by atoms with Crippen LogP contribution in [0, 0.1) is 29.6 Å². The Kier molecular flexibility index (Phi) is 14.0. The van der Waals surface area contributed by atoms with Crippen molar-refractivity contribution in [2.45, 2.75) is 110 Å². The minimum absolute atomic E-state index is 0.0157. The number of para-hydroxylation sites is 2. The van der Waals surface area contributed by atoms with Crippen molar-refractivity contribution >= 4 is 56.0 Å². The molecule has 2 aliphatic rings. The van der Waals surface area contributed by atoms with Gasteiger partial charge in [0.05, 0.1) is 48.6 Å². The number of hydrogen-bond acceptors (Lipinski definition) is 14. The Morgan fingerprint density at radius 2 is 1.04 bits per heavy atom. The molecule has 0 aliphatic carbocycles. The summed E-state index contributed by atoms with van der Waals surface area (Å²) in [4.78, 5) is 91.6. The normalized spacial score (nSPS) is 16.1. The second kappa shape index (κ2) is 20.9. The number of anilines is 2. The molecule has 8 aromatic rings. The van der Waals surface area contributed by atoms with E-state index < -0.39 is 22.5 Å². The molecule has 0 amide bonds. The van der Waals surface area contributed by atoms with Crippen molar-refractivity contribution in [1.29, 1.82) is 0 Å². The molecule has 0 saturated carbocycles. The van der Waals surface area contributed by atoms with Crippen molar-refractivity contribution in [2.75, 3.05) is 36.0 Å². The van der Waals surface area contributed by atoms with E-state index in [-0.39, 0.29) is 66.5 Å². The molecular formula is C54H62N16O4. The number of imidazole rings is 2. The molecule has 2 aliphatic heterocycles. The number of piperidine rings is 2. The van der Waals surface area contributed by atoms with Gasteiger partial charge < -0.3 is 21.3 Å². The van der Waals surface area contributed by atoms with Gasteiger partial charge in [0.25, 0.3) is 11.1 Å². The van der Waals surface area contributed by atoms with Crippen molar-refractivity contribution in [3.8, 4) is 23.7 Å². The van der Waals surface area contributed by atoms with Crippen molar-refractivity contribution in [1.82, 2.24) is 57.3 Å². The summed E-state index contributed by atoms with van der Waals surface area (Å²) < 4.78 is 8.78. The van der Waals surface area contributed by atoms with Gasteiger partial charge in [-0.3, -0.25) is 37.0 Å². The van der Waals surface area contributed by atoms with Crippen LogP contribution in [-0.4, -0.2) is 95.6 Å². The first-order chi connectivity index (χ1) is 35.9. The Bertz CT molecular complexity index is 3610. The molecule has 20 heteroatoms. The maximum Gasteiger partial charge on any atom is 0.332 e. The van der Waals surface area contributed by atoms with Gasteiger partial charge in [-0.1, -0.05) is 61.6 Å². The minimum atomic E-state index is -0.534. The predicted octanol–water partition coefficient (Wildman–Crippen LogP) is 3.19. The topological polar surface area (TPSA) is 234 Å². The van der Waals surface area contributed by atoms with Gasteiger partial charge in [-0.25, -0.2) is 29.5 Å². The number of aromatic nitrogens is 12. The van der Waals surface area contributed by atoms with Crippen LogP contribution in [-0.2, 0) is 53.1 Å². The number of fused-ring (bicyclic) bond motifs is 4. The summed E-state index contributed by atoms with van der Waals surface area (Å²) in [6.45, 7) is 8.31. The Balaban J connectivity index is 1.00. The molecule has 2 saturated heterocycles. The highest BCUT2D eigenvalue weighted by Gasteiger charge is 2.29. The van der Waals surface area contributed by atoms with E-state index >= 15 is 0 Å². The molecular weight excluding hydrogens is 937 g/mol. The summed E-state index contributed by atoms with van der Waals surface area (Å²) in [5.74, 6) is 13.9. The molecule has 4 N–H and O–H groups in total. The molecule has 8 heterocycles. The Labute approximate surface area is 426 Å². The number of nitrogens with zero attached hydrogens (tertiary/aromatic N) is 14. The first-order valence-electron chi connectivity index (χ1n) is 25.6. The van der Waals surface area contributed by atoms with Gasteiger partial charge in [0, 0.05) is 63.1 Å². The van der Waals surface area contributed by atoms with Crippen LogP contribution in [0.1, 0.15) is 82.3 Å². The average molecular weight is 999 g/mol. The van der Waals surface area contributed by atoms with Crippen LogP contribution in [0.3, 0.4) is 0 Å². The van der Waals surface area contributed by atoms with Crippen LogP contribution < -0.4 is 43.8 Å². The molecule has 10 rings (SSSR count). The number of benzene rings is 2. The second-order valence-electron chi connectivity index (χ2n) is 19.6. The summed E-state index contributed by atoms with van der Waals surface area (Å²) in [7, 11) is 3.25. The van der Waals surface area contributed by atoms with Crippen LogP contribution in [0.5, 0.6) is 0 Å². The number of hydrogen-bond donors (Lipinski definition) is 2. The van der Waals surface area contributed by atoms with Crippen molar-refractivity contribution < 1.29 is 0 Å². The van der Waals surface area contributed by atoms with Gasteiger partial charge in [0.15, 0.2) is 22.3 Å². The zero-order chi connectivity index (χ0) is 51.8. The van der Waals surface area contributed by atoms with Crippen LogP contribution in [0.2, 0.25) is 0 Å². The van der Waals surface area contributed by atoms with Gasteiger partial charge in [0.1, 0.15) is 11.6 Å². The maximum atomic E-state index is 14.6. The molecule has 74 heavy (non-hydrogen) atoms. The van der Waals surface area contributed by atoms with Gasteiger partial charge in [-0.15, -0.1) is 11.8 Å². The van der Waals surface area contributed by atoms with Crippen LogP contribution in [0.15, 0.2) is 67.7 Å². The fourth-order valence-electron chi connectivity index (χ4n) is 10.8. The fourth-order valence-corrected chi connectivity index (χ4v) is 10.8. The summed E-state index contributed by atoms with van der Waals surface area (Å²) in [5.41, 5.74) is 14.7. The van der Waals surface area contributed by atoms with E-state index in [1.54, 1.807) is 37.1 Å². The third-order valence-corrected chi connectivity index (χ3v) is 14.5. The zero-order valence-corrected chi connectivity index (χ0v) is 42.7. The highest BCUT2D eigenvalue weighted by atomic mass is 16.2. The van der Waals surface area contributed by atoms with E-state index in [0.717, 1.165) is 73.8 Å². The Hall–Kier alpha value is -7.94. The molecule has 2 fully saturated rings. The van der Waals surface area contributed by atoms with E-state index in [0.29, 0.717) is 60.5 Å². The SMILES string of the molecule is CC#CCn1c(N2CCC[C@@H](N)C2)nc2c1c(=O)n(Cc1nc(CC(CCC)Cc3nc(Cn4c(=O)c5c(nc(N6CCC[C@@H](N)C6)n5CC#CC)n(C)c4=O)nc4ccccc34)c3ccccc3n1)c(=O)n2C. The first-order valence-corrected chi connectivity index (χ1v) is 25.6. The maximum absolute atomic E-state index is 14.6. The first kappa shape index (κ1) is 49.6. The predicted molar refractivity (Wildman–Crippen MR) is 287 cm³/mol. The van der Waals surface area contributed by atoms with Crippen LogP contribution in [0.25, 0.3) is 44.1 Å². The van der Waals surface area contributed by atoms with Crippen molar-refractivity contribution in [2.24, 2.45) is 31.5 Å². The highest BCUT2D eigenvalue weighted by Crippen LogP contribution is 2.28. The number of aryl methyl sites for hydroxylation is 2.